The van der Waals surface area contributed by atoms with Crippen molar-refractivity contribution < 1.29 is 32.9 Å². The van der Waals surface area contributed by atoms with E-state index in [1.165, 1.54) is 25.7 Å². The highest BCUT2D eigenvalue weighted by molar-refractivity contribution is 7.45. The second-order valence-corrected chi connectivity index (χ2v) is 19.2. The molecule has 0 spiro atoms. The molecule has 2 N–H and O–H groups in total. The van der Waals surface area contributed by atoms with Crippen LogP contribution in [0.2, 0.25) is 0 Å². The number of nitrogens with zero attached hydrogens (tertiary/aromatic N) is 1. The molecule has 9 heteroatoms. The molecular weight excluding hydrogens is 840 g/mol. The van der Waals surface area contributed by atoms with Crippen molar-refractivity contribution >= 4 is 13.7 Å². The minimum Gasteiger partial charge on any atom is -0.756 e. The predicted molar refractivity (Wildman–Crippen MR) is 283 cm³/mol. The summed E-state index contributed by atoms with van der Waals surface area (Å²) >= 11 is 0. The number of hydrogen-bond donors (Lipinski definition) is 2. The third-order valence-electron chi connectivity index (χ3n) is 10.3. The van der Waals surface area contributed by atoms with Gasteiger partial charge >= 0.3 is 0 Å². The van der Waals surface area contributed by atoms with Crippen LogP contribution in [0.25, 0.3) is 0 Å². The Labute approximate surface area is 405 Å². The van der Waals surface area contributed by atoms with E-state index in [0.717, 1.165) is 122 Å². The topological polar surface area (TPSA) is 108 Å². The van der Waals surface area contributed by atoms with Crippen molar-refractivity contribution in [3.63, 3.8) is 0 Å². The first kappa shape index (κ1) is 62.6. The Morgan fingerprint density at radius 2 is 0.939 bits per heavy atom. The van der Waals surface area contributed by atoms with E-state index in [1.54, 1.807) is 6.08 Å². The summed E-state index contributed by atoms with van der Waals surface area (Å²) in [4.78, 5) is 25.3. The van der Waals surface area contributed by atoms with Crippen LogP contribution < -0.4 is 10.2 Å². The molecule has 0 aromatic rings. The number of unbranched alkanes of at least 4 members (excludes halogenated alkanes) is 11. The van der Waals surface area contributed by atoms with E-state index in [4.69, 9.17) is 9.05 Å². The number of phosphoric ester groups is 1. The first-order valence-corrected chi connectivity index (χ1v) is 27.0. The summed E-state index contributed by atoms with van der Waals surface area (Å²) in [6.45, 7) is 4.38. The van der Waals surface area contributed by atoms with Gasteiger partial charge in [-0.1, -0.05) is 192 Å². The standard InChI is InChI=1S/C57H95N2O6P/c1-6-8-10-12-14-16-18-19-20-21-22-23-24-25-26-27-28-29-30-31-32-33-34-35-36-37-38-39-41-43-45-47-49-51-57(61)58-55(54-65-66(62,63)64-53-52-59(3,4)5)56(60)50-48-46-44-42-40-17-15-13-11-9-7-2/h8,10-11,13-14,16,19-20,22-23,25-26,28-29,31-32,34-35,40,42,48,50,55-56,60H,6-7,9,12,15,17-18,21,24,27,30,33,36-39,41,43-47,49,51-54H2,1-5H3,(H-,58,61,62,63)/b10-8-,13-11+,16-14-,20-19-,23-22-,26-25-,29-28-,32-31-,35-34-,42-40+,50-48+. The summed E-state index contributed by atoms with van der Waals surface area (Å²) in [7, 11) is 1.20. The van der Waals surface area contributed by atoms with Gasteiger partial charge in [0.05, 0.1) is 39.9 Å². The average molecular weight is 935 g/mol. The van der Waals surface area contributed by atoms with Gasteiger partial charge < -0.3 is 28.8 Å². The zero-order chi connectivity index (χ0) is 48.5. The van der Waals surface area contributed by atoms with Gasteiger partial charge in [0.15, 0.2) is 0 Å². The first-order valence-electron chi connectivity index (χ1n) is 25.5. The maximum Gasteiger partial charge on any atom is 0.268 e. The maximum atomic E-state index is 12.9. The van der Waals surface area contributed by atoms with Crippen LogP contribution in [0.1, 0.15) is 168 Å². The number of amides is 1. The second kappa shape index (κ2) is 46.7. The molecule has 0 aliphatic rings. The van der Waals surface area contributed by atoms with Crippen LogP contribution in [0.4, 0.5) is 0 Å². The van der Waals surface area contributed by atoms with Crippen LogP contribution in [0.5, 0.6) is 0 Å². The molecule has 0 bridgehead atoms. The minimum absolute atomic E-state index is 0.0185. The summed E-state index contributed by atoms with van der Waals surface area (Å²) in [5.74, 6) is -0.230. The Morgan fingerprint density at radius 1 is 0.545 bits per heavy atom. The van der Waals surface area contributed by atoms with Gasteiger partial charge in [0.25, 0.3) is 7.82 Å². The second-order valence-electron chi connectivity index (χ2n) is 17.8. The van der Waals surface area contributed by atoms with Crippen molar-refractivity contribution in [3.8, 4) is 0 Å². The van der Waals surface area contributed by atoms with E-state index >= 15 is 0 Å². The lowest BCUT2D eigenvalue weighted by atomic mass is 10.1. The van der Waals surface area contributed by atoms with Crippen LogP contribution in [-0.2, 0) is 18.4 Å². The number of aliphatic hydroxyl groups excluding tert-OH is 1. The summed E-state index contributed by atoms with van der Waals surface area (Å²) in [6, 6.07) is -0.922. The van der Waals surface area contributed by atoms with Gasteiger partial charge in [-0.15, -0.1) is 0 Å². The van der Waals surface area contributed by atoms with Crippen LogP contribution >= 0.6 is 7.82 Å². The third-order valence-corrected chi connectivity index (χ3v) is 11.3. The highest BCUT2D eigenvalue weighted by Gasteiger charge is 2.23. The molecule has 0 rings (SSSR count). The Hall–Kier alpha value is -3.36. The van der Waals surface area contributed by atoms with Crippen molar-refractivity contribution in [1.82, 2.24) is 5.32 Å². The van der Waals surface area contributed by atoms with Crippen molar-refractivity contribution in [1.29, 1.82) is 0 Å². The van der Waals surface area contributed by atoms with E-state index < -0.39 is 26.6 Å². The lowest BCUT2D eigenvalue weighted by Gasteiger charge is -2.29. The fourth-order valence-corrected chi connectivity index (χ4v) is 7.05. The Kier molecular flexibility index (Phi) is 44.4. The van der Waals surface area contributed by atoms with Gasteiger partial charge in [-0.2, -0.15) is 0 Å². The molecule has 1 amide bonds. The number of quaternary nitrogens is 1. The zero-order valence-corrected chi connectivity index (χ0v) is 43.2. The van der Waals surface area contributed by atoms with Gasteiger partial charge in [0, 0.05) is 6.42 Å². The van der Waals surface area contributed by atoms with Gasteiger partial charge in [0.1, 0.15) is 13.2 Å². The number of nitrogens with one attached hydrogen (secondary N) is 1. The van der Waals surface area contributed by atoms with E-state index in [9.17, 15) is 19.4 Å². The molecule has 0 aliphatic carbocycles. The van der Waals surface area contributed by atoms with Gasteiger partial charge in [-0.05, 0) is 103 Å². The Morgan fingerprint density at radius 3 is 1.39 bits per heavy atom. The van der Waals surface area contributed by atoms with Crippen LogP contribution in [-0.4, -0.2) is 68.5 Å². The molecule has 66 heavy (non-hydrogen) atoms. The largest absolute Gasteiger partial charge is 0.756 e. The highest BCUT2D eigenvalue weighted by Crippen LogP contribution is 2.38. The first-order chi connectivity index (χ1) is 32.0. The summed E-state index contributed by atoms with van der Waals surface area (Å²) < 4.78 is 23.2. The number of carbonyl (C=O) groups excluding carboxylic acids is 1. The van der Waals surface area contributed by atoms with Gasteiger partial charge in [-0.3, -0.25) is 9.36 Å². The molecule has 0 fully saturated rings. The Bertz CT molecular complexity index is 1530. The predicted octanol–water partition coefficient (Wildman–Crippen LogP) is 14.6. The SMILES string of the molecule is CC/C=C\C/C=C\C/C=C\C/C=C\C/C=C\C/C=C\C/C=C\C/C=C\CCCCCCCCCCC(=O)NC(COP(=O)([O-])OCC[N+](C)(C)C)C(O)/C=C/CC/C=C/CC/C=C/CCC. The number of hydrogen-bond acceptors (Lipinski definition) is 6. The summed E-state index contributed by atoms with van der Waals surface area (Å²) in [5.41, 5.74) is 0. The molecule has 8 nitrogen and oxygen atoms in total. The minimum atomic E-state index is -4.61. The van der Waals surface area contributed by atoms with E-state index in [2.05, 4.69) is 141 Å². The van der Waals surface area contributed by atoms with Crippen LogP contribution in [0.3, 0.4) is 0 Å². The van der Waals surface area contributed by atoms with Crippen molar-refractivity contribution in [2.24, 2.45) is 0 Å². The number of phosphoric acid groups is 1. The number of rotatable bonds is 44. The molecule has 0 saturated carbocycles. The fourth-order valence-electron chi connectivity index (χ4n) is 6.32. The maximum absolute atomic E-state index is 12.9. The smallest absolute Gasteiger partial charge is 0.268 e. The van der Waals surface area contributed by atoms with Crippen LogP contribution in [0.15, 0.2) is 134 Å². The number of allylic oxidation sites excluding steroid dienone is 21. The van der Waals surface area contributed by atoms with E-state index in [0.29, 0.717) is 17.4 Å². The van der Waals surface area contributed by atoms with Crippen molar-refractivity contribution in [2.75, 3.05) is 40.9 Å². The molecule has 0 aromatic carbocycles. The highest BCUT2D eigenvalue weighted by atomic mass is 31.2. The normalized spacial score (nSPS) is 15.2. The molecular formula is C57H95N2O6P. The van der Waals surface area contributed by atoms with Gasteiger partial charge in [0.2, 0.25) is 5.91 Å². The average Bonchev–Trinajstić information content (AvgIpc) is 3.28. The molecule has 0 aromatic heterocycles. The Balaban J connectivity index is 4.22. The fraction of sp³-hybridized carbons (Fsp3) is 0.596. The number of likely N-dealkylation sites (N-methyl/N-ethyl adjacent to an activating group) is 1. The monoisotopic (exact) mass is 935 g/mol. The summed E-state index contributed by atoms with van der Waals surface area (Å²) in [6.07, 6.45) is 71.0. The van der Waals surface area contributed by atoms with E-state index in [-0.39, 0.29) is 12.5 Å². The van der Waals surface area contributed by atoms with Crippen LogP contribution in [0, 0.1) is 0 Å². The molecule has 0 aliphatic heterocycles. The zero-order valence-electron chi connectivity index (χ0n) is 42.3. The number of carbonyl (C=O) groups is 1. The molecule has 3 atom stereocenters. The number of aliphatic hydroxyl groups is 1. The quantitative estimate of drug-likeness (QED) is 0.0273. The molecule has 0 saturated heterocycles. The third kappa shape index (κ3) is 48.6. The molecule has 0 radical (unpaired) electrons. The molecule has 3 unspecified atom stereocenters. The summed E-state index contributed by atoms with van der Waals surface area (Å²) in [5, 5.41) is 13.7. The van der Waals surface area contributed by atoms with Crippen molar-refractivity contribution in [2.45, 2.75) is 180 Å². The van der Waals surface area contributed by atoms with Gasteiger partial charge in [-0.25, -0.2) is 0 Å². The molecule has 374 valence electrons. The van der Waals surface area contributed by atoms with Crippen molar-refractivity contribution in [3.05, 3.63) is 134 Å². The van der Waals surface area contributed by atoms with E-state index in [1.807, 2.05) is 27.2 Å². The lowest BCUT2D eigenvalue weighted by Crippen LogP contribution is -2.45. The molecule has 0 heterocycles. The lowest BCUT2D eigenvalue weighted by molar-refractivity contribution is -0.870.